The van der Waals surface area contributed by atoms with Gasteiger partial charge in [-0.3, -0.25) is 4.79 Å². The monoisotopic (exact) mass is 425 g/mol. The van der Waals surface area contributed by atoms with Crippen LogP contribution >= 0.6 is 15.9 Å². The third-order valence-corrected chi connectivity index (χ3v) is 5.28. The van der Waals surface area contributed by atoms with Crippen LogP contribution in [0.25, 0.3) is 11.3 Å². The number of carbonyl (C=O) groups is 2. The van der Waals surface area contributed by atoms with Crippen LogP contribution in [0.3, 0.4) is 0 Å². The molecule has 27 heavy (non-hydrogen) atoms. The molecule has 1 unspecified atom stereocenters. The summed E-state index contributed by atoms with van der Waals surface area (Å²) >= 11 is 3.40. The summed E-state index contributed by atoms with van der Waals surface area (Å²) in [5.41, 5.74) is 9.21. The number of methoxy groups -OCH3 is 1. The molecule has 1 aromatic heterocycles. The number of aromatic nitrogens is 2. The number of hydrogen-bond donors (Lipinski definition) is 1. The highest BCUT2D eigenvalue weighted by Gasteiger charge is 2.34. The molecule has 0 spiro atoms. The minimum absolute atomic E-state index is 0.0373. The number of carbonyl (C=O) groups excluding carboxylic acids is 2. The average molecular weight is 426 g/mol. The SMILES string of the molecule is COC(=O)c1c(-c2ccc(Br)cc2)nn(C2CC(=O)c3ccccc32)c1N. The Morgan fingerprint density at radius 1 is 1.22 bits per heavy atom. The van der Waals surface area contributed by atoms with E-state index in [4.69, 9.17) is 10.5 Å². The van der Waals surface area contributed by atoms with Gasteiger partial charge >= 0.3 is 5.97 Å². The highest BCUT2D eigenvalue weighted by molar-refractivity contribution is 9.10. The average Bonchev–Trinajstić information content (AvgIpc) is 3.19. The Balaban J connectivity index is 1.90. The molecule has 2 aromatic carbocycles. The van der Waals surface area contributed by atoms with Gasteiger partial charge < -0.3 is 10.5 Å². The van der Waals surface area contributed by atoms with E-state index >= 15 is 0 Å². The van der Waals surface area contributed by atoms with Gasteiger partial charge in [-0.15, -0.1) is 0 Å². The Hall–Kier alpha value is -2.93. The smallest absolute Gasteiger partial charge is 0.343 e. The first-order chi connectivity index (χ1) is 13.0. The van der Waals surface area contributed by atoms with Gasteiger partial charge in [-0.1, -0.05) is 52.3 Å². The van der Waals surface area contributed by atoms with Crippen molar-refractivity contribution < 1.29 is 14.3 Å². The fourth-order valence-corrected chi connectivity index (χ4v) is 3.72. The van der Waals surface area contributed by atoms with Gasteiger partial charge in [0.05, 0.1) is 13.2 Å². The lowest BCUT2D eigenvalue weighted by atomic mass is 10.1. The van der Waals surface area contributed by atoms with Crippen molar-refractivity contribution in [2.45, 2.75) is 12.5 Å². The minimum Gasteiger partial charge on any atom is -0.465 e. The zero-order valence-corrected chi connectivity index (χ0v) is 16.1. The van der Waals surface area contributed by atoms with Crippen molar-refractivity contribution in [1.82, 2.24) is 9.78 Å². The number of nitrogens with zero attached hydrogens (tertiary/aromatic N) is 2. The topological polar surface area (TPSA) is 87.2 Å². The molecule has 0 fully saturated rings. The lowest BCUT2D eigenvalue weighted by Gasteiger charge is -2.13. The molecule has 4 rings (SSSR count). The Kier molecular flexibility index (Phi) is 4.31. The lowest BCUT2D eigenvalue weighted by molar-refractivity contribution is 0.0602. The molecule has 7 heteroatoms. The number of ether oxygens (including phenoxy) is 1. The van der Waals surface area contributed by atoms with Crippen molar-refractivity contribution in [3.05, 3.63) is 69.7 Å². The molecule has 0 amide bonds. The molecule has 1 aliphatic carbocycles. The molecule has 0 saturated heterocycles. The van der Waals surface area contributed by atoms with Crippen LogP contribution in [0, 0.1) is 0 Å². The van der Waals surface area contributed by atoms with E-state index in [2.05, 4.69) is 21.0 Å². The first-order valence-corrected chi connectivity index (χ1v) is 9.15. The van der Waals surface area contributed by atoms with Gasteiger partial charge in [0.2, 0.25) is 0 Å². The van der Waals surface area contributed by atoms with Crippen molar-refractivity contribution in [2.24, 2.45) is 0 Å². The normalized spacial score (nSPS) is 15.6. The van der Waals surface area contributed by atoms with Crippen LogP contribution in [-0.2, 0) is 4.74 Å². The molecule has 1 atom stereocenters. The van der Waals surface area contributed by atoms with Crippen LogP contribution < -0.4 is 5.73 Å². The van der Waals surface area contributed by atoms with Gasteiger partial charge in [-0.05, 0) is 17.7 Å². The number of nitrogens with two attached hydrogens (primary N) is 1. The van der Waals surface area contributed by atoms with Crippen LogP contribution in [-0.4, -0.2) is 28.6 Å². The Labute approximate surface area is 164 Å². The molecular formula is C20H16BrN3O3. The molecule has 0 radical (unpaired) electrons. The molecular weight excluding hydrogens is 410 g/mol. The van der Waals surface area contributed by atoms with E-state index in [-0.39, 0.29) is 29.6 Å². The number of Topliss-reactive ketones (excluding diaryl/α,β-unsaturated/α-hetero) is 1. The third kappa shape index (κ3) is 2.84. The van der Waals surface area contributed by atoms with Crippen LogP contribution in [0.1, 0.15) is 38.7 Å². The van der Waals surface area contributed by atoms with Gasteiger partial charge in [-0.2, -0.15) is 5.10 Å². The molecule has 1 aliphatic rings. The maximum absolute atomic E-state index is 12.4. The lowest BCUT2D eigenvalue weighted by Crippen LogP contribution is -2.14. The molecule has 1 heterocycles. The summed E-state index contributed by atoms with van der Waals surface area (Å²) in [7, 11) is 1.30. The minimum atomic E-state index is -0.561. The van der Waals surface area contributed by atoms with Crippen molar-refractivity contribution >= 4 is 33.5 Å². The van der Waals surface area contributed by atoms with Gasteiger partial charge in [0.15, 0.2) is 5.78 Å². The number of anilines is 1. The molecule has 6 nitrogen and oxygen atoms in total. The number of esters is 1. The number of nitrogen functional groups attached to an aromatic ring is 1. The highest BCUT2D eigenvalue weighted by Crippen LogP contribution is 2.38. The van der Waals surface area contributed by atoms with Crippen LogP contribution in [0.15, 0.2) is 53.0 Å². The summed E-state index contributed by atoms with van der Waals surface area (Å²) in [6.07, 6.45) is 0.256. The van der Waals surface area contributed by atoms with E-state index in [1.807, 2.05) is 42.5 Å². The molecule has 2 N–H and O–H groups in total. The van der Waals surface area contributed by atoms with Crippen LogP contribution in [0.2, 0.25) is 0 Å². The van der Waals surface area contributed by atoms with Crippen molar-refractivity contribution in [3.63, 3.8) is 0 Å². The molecule has 136 valence electrons. The number of halogens is 1. The van der Waals surface area contributed by atoms with E-state index in [1.165, 1.54) is 7.11 Å². The summed E-state index contributed by atoms with van der Waals surface area (Å²) in [6.45, 7) is 0. The largest absolute Gasteiger partial charge is 0.465 e. The third-order valence-electron chi connectivity index (χ3n) is 4.75. The summed E-state index contributed by atoms with van der Waals surface area (Å²) in [4.78, 5) is 24.8. The van der Waals surface area contributed by atoms with Crippen molar-refractivity contribution in [3.8, 4) is 11.3 Å². The summed E-state index contributed by atoms with van der Waals surface area (Å²) in [5.74, 6) is -0.334. The maximum atomic E-state index is 12.4. The van der Waals surface area contributed by atoms with Crippen LogP contribution in [0.5, 0.6) is 0 Å². The van der Waals surface area contributed by atoms with E-state index in [9.17, 15) is 9.59 Å². The standard InChI is InChI=1S/C20H16BrN3O3/c1-27-20(26)17-18(11-6-8-12(21)9-7-11)23-24(19(17)22)15-10-16(25)14-5-3-2-4-13(14)15/h2-9,15H,10,22H2,1H3. The fraction of sp³-hybridized carbons (Fsp3) is 0.150. The second-order valence-corrected chi connectivity index (χ2v) is 7.20. The molecule has 0 saturated carbocycles. The van der Waals surface area contributed by atoms with E-state index in [0.717, 1.165) is 15.6 Å². The van der Waals surface area contributed by atoms with Gasteiger partial charge in [0.1, 0.15) is 17.1 Å². The van der Waals surface area contributed by atoms with Crippen LogP contribution in [0.4, 0.5) is 5.82 Å². The van der Waals surface area contributed by atoms with Gasteiger partial charge in [-0.25, -0.2) is 9.48 Å². The molecule has 0 bridgehead atoms. The molecule has 0 aliphatic heterocycles. The summed E-state index contributed by atoms with van der Waals surface area (Å²) < 4.78 is 7.39. The first-order valence-electron chi connectivity index (χ1n) is 8.35. The summed E-state index contributed by atoms with van der Waals surface area (Å²) in [6, 6.07) is 14.5. The second kappa shape index (κ2) is 6.66. The highest BCUT2D eigenvalue weighted by atomic mass is 79.9. The zero-order chi connectivity index (χ0) is 19.1. The van der Waals surface area contributed by atoms with Crippen molar-refractivity contribution in [1.29, 1.82) is 0 Å². The van der Waals surface area contributed by atoms with Gasteiger partial charge in [0.25, 0.3) is 0 Å². The predicted molar refractivity (Wildman–Crippen MR) is 105 cm³/mol. The molecule has 3 aromatic rings. The number of fused-ring (bicyclic) bond motifs is 1. The zero-order valence-electron chi connectivity index (χ0n) is 14.5. The van der Waals surface area contributed by atoms with E-state index in [0.29, 0.717) is 11.3 Å². The second-order valence-electron chi connectivity index (χ2n) is 6.28. The number of hydrogen-bond acceptors (Lipinski definition) is 5. The predicted octanol–water partition coefficient (Wildman–Crippen LogP) is 3.86. The summed E-state index contributed by atoms with van der Waals surface area (Å²) in [5, 5.41) is 4.62. The first kappa shape index (κ1) is 17.5. The fourth-order valence-electron chi connectivity index (χ4n) is 3.45. The number of ketones is 1. The van der Waals surface area contributed by atoms with Crippen molar-refractivity contribution in [2.75, 3.05) is 12.8 Å². The quantitative estimate of drug-likeness (QED) is 0.643. The Morgan fingerprint density at radius 3 is 2.63 bits per heavy atom. The van der Waals surface area contributed by atoms with E-state index < -0.39 is 5.97 Å². The Morgan fingerprint density at radius 2 is 1.93 bits per heavy atom. The Bertz CT molecular complexity index is 1060. The maximum Gasteiger partial charge on any atom is 0.343 e. The van der Waals surface area contributed by atoms with E-state index in [1.54, 1.807) is 10.7 Å². The van der Waals surface area contributed by atoms with Gasteiger partial charge in [0, 0.05) is 22.0 Å². The number of rotatable bonds is 3. The number of benzene rings is 2.